The molecule has 0 spiro atoms. The molecule has 10 heteroatoms. The quantitative estimate of drug-likeness (QED) is 0.482. The van der Waals surface area contributed by atoms with Crippen molar-refractivity contribution in [3.8, 4) is 5.75 Å². The molecule has 2 aromatic rings. The van der Waals surface area contributed by atoms with Crippen LogP contribution in [0.3, 0.4) is 0 Å². The Labute approximate surface area is 221 Å². The van der Waals surface area contributed by atoms with Crippen LogP contribution >= 0.6 is 11.6 Å². The number of alkyl halides is 3. The fraction of sp³-hybridized carbons (Fsp3) is 0.519. The number of para-hydroxylation sites is 1. The standard InChI is InChI=1S/C27H34ClF3N4O2/c1-18(2)33-14-15-35(19(3)16-33)23-7-5-6-22(28)24(23)32-25(36)34-13-12-26(4,17-34)37-21-10-8-20(9-11-21)27(29,30)31/h5-11,18-19H,12-17H2,1-4H3,(H,32,36)/t19-,26?/m1/s1. The Balaban J connectivity index is 1.43. The molecule has 1 N–H and O–H groups in total. The molecule has 6 nitrogen and oxygen atoms in total. The lowest BCUT2D eigenvalue weighted by molar-refractivity contribution is -0.137. The molecular weight excluding hydrogens is 505 g/mol. The number of hydrogen-bond donors (Lipinski definition) is 1. The Morgan fingerprint density at radius 3 is 2.46 bits per heavy atom. The van der Waals surface area contributed by atoms with Crippen LogP contribution in [0.4, 0.5) is 29.3 Å². The molecule has 2 aliphatic rings. The Bertz CT molecular complexity index is 1110. The van der Waals surface area contributed by atoms with Gasteiger partial charge in [-0.25, -0.2) is 4.79 Å². The van der Waals surface area contributed by atoms with Crippen molar-refractivity contribution in [2.75, 3.05) is 42.9 Å². The maximum Gasteiger partial charge on any atom is 0.416 e. The number of ether oxygens (including phenoxy) is 1. The summed E-state index contributed by atoms with van der Waals surface area (Å²) in [4.78, 5) is 19.6. The average molecular weight is 539 g/mol. The molecule has 2 fully saturated rings. The molecule has 4 rings (SSSR count). The number of rotatable bonds is 5. The van der Waals surface area contributed by atoms with Crippen molar-refractivity contribution in [2.24, 2.45) is 0 Å². The van der Waals surface area contributed by atoms with Crippen LogP contribution in [0, 0.1) is 0 Å². The lowest BCUT2D eigenvalue weighted by Crippen LogP contribution is -2.54. The van der Waals surface area contributed by atoms with Gasteiger partial charge in [-0.2, -0.15) is 13.2 Å². The molecule has 0 aromatic heterocycles. The molecular formula is C27H34ClF3N4O2. The zero-order valence-corrected chi connectivity index (χ0v) is 22.4. The molecule has 0 radical (unpaired) electrons. The third-order valence-electron chi connectivity index (χ3n) is 7.19. The molecule has 2 aromatic carbocycles. The number of urea groups is 1. The van der Waals surface area contributed by atoms with E-state index >= 15 is 0 Å². The number of halogens is 4. The number of carbonyl (C=O) groups is 1. The third-order valence-corrected chi connectivity index (χ3v) is 7.51. The zero-order chi connectivity index (χ0) is 27.0. The van der Waals surface area contributed by atoms with Gasteiger partial charge in [-0.1, -0.05) is 17.7 Å². The molecule has 1 unspecified atom stereocenters. The summed E-state index contributed by atoms with van der Waals surface area (Å²) in [6.45, 7) is 11.8. The average Bonchev–Trinajstić information content (AvgIpc) is 3.22. The summed E-state index contributed by atoms with van der Waals surface area (Å²) < 4.78 is 44.6. The summed E-state index contributed by atoms with van der Waals surface area (Å²) in [5, 5.41) is 3.48. The van der Waals surface area contributed by atoms with Gasteiger partial charge in [0.1, 0.15) is 11.4 Å². The minimum absolute atomic E-state index is 0.248. The van der Waals surface area contributed by atoms with Crippen LogP contribution in [0.1, 0.15) is 39.7 Å². The van der Waals surface area contributed by atoms with E-state index in [9.17, 15) is 18.0 Å². The van der Waals surface area contributed by atoms with E-state index in [1.165, 1.54) is 12.1 Å². The summed E-state index contributed by atoms with van der Waals surface area (Å²) in [6.07, 6.45) is -3.85. The van der Waals surface area contributed by atoms with Gasteiger partial charge in [-0.3, -0.25) is 4.90 Å². The first-order valence-corrected chi connectivity index (χ1v) is 13.0. The summed E-state index contributed by atoms with van der Waals surface area (Å²) in [7, 11) is 0. The Kier molecular flexibility index (Phi) is 7.85. The van der Waals surface area contributed by atoms with E-state index in [1.807, 2.05) is 19.1 Å². The summed E-state index contributed by atoms with van der Waals surface area (Å²) in [5.41, 5.74) is 0.0196. The number of nitrogens with zero attached hydrogens (tertiary/aromatic N) is 3. The van der Waals surface area contributed by atoms with Crippen LogP contribution in [0.5, 0.6) is 5.75 Å². The molecule has 2 atom stereocenters. The lowest BCUT2D eigenvalue weighted by Gasteiger charge is -2.43. The molecule has 2 aliphatic heterocycles. The smallest absolute Gasteiger partial charge is 0.416 e. The second-order valence-corrected chi connectivity index (χ2v) is 10.8. The minimum Gasteiger partial charge on any atom is -0.486 e. The first kappa shape index (κ1) is 27.4. The minimum atomic E-state index is -4.40. The van der Waals surface area contributed by atoms with Crippen molar-refractivity contribution in [2.45, 2.75) is 58.0 Å². The van der Waals surface area contributed by atoms with Gasteiger partial charge >= 0.3 is 12.2 Å². The van der Waals surface area contributed by atoms with Gasteiger partial charge in [0.25, 0.3) is 0 Å². The Hall–Kier alpha value is -2.65. The topological polar surface area (TPSA) is 48.0 Å². The Morgan fingerprint density at radius 1 is 1.14 bits per heavy atom. The van der Waals surface area contributed by atoms with Gasteiger partial charge in [0.05, 0.1) is 28.5 Å². The van der Waals surface area contributed by atoms with Crippen molar-refractivity contribution in [1.82, 2.24) is 9.80 Å². The first-order chi connectivity index (χ1) is 17.4. The molecule has 2 saturated heterocycles. The van der Waals surface area contributed by atoms with Gasteiger partial charge in [0.2, 0.25) is 0 Å². The first-order valence-electron chi connectivity index (χ1n) is 12.6. The zero-order valence-electron chi connectivity index (χ0n) is 21.6. The van der Waals surface area contributed by atoms with E-state index in [2.05, 4.69) is 35.9 Å². The molecule has 0 bridgehead atoms. The van der Waals surface area contributed by atoms with Crippen LogP contribution in [0.25, 0.3) is 0 Å². The predicted octanol–water partition coefficient (Wildman–Crippen LogP) is 6.35. The number of likely N-dealkylation sites (tertiary alicyclic amines) is 1. The highest BCUT2D eigenvalue weighted by Crippen LogP contribution is 2.37. The van der Waals surface area contributed by atoms with Crippen molar-refractivity contribution in [1.29, 1.82) is 0 Å². The highest BCUT2D eigenvalue weighted by molar-refractivity contribution is 6.34. The summed E-state index contributed by atoms with van der Waals surface area (Å²) >= 11 is 6.56. The highest BCUT2D eigenvalue weighted by atomic mass is 35.5. The van der Waals surface area contributed by atoms with Crippen molar-refractivity contribution in [3.63, 3.8) is 0 Å². The SMILES string of the molecule is CC(C)N1CCN(c2cccc(Cl)c2NC(=O)N2CCC(C)(Oc3ccc(C(F)(F)F)cc3)C2)[C@H](C)C1. The van der Waals surface area contributed by atoms with Crippen LogP contribution in [0.2, 0.25) is 5.02 Å². The maximum absolute atomic E-state index is 13.3. The van der Waals surface area contributed by atoms with Gasteiger partial charge in [0.15, 0.2) is 0 Å². The number of amides is 2. The summed E-state index contributed by atoms with van der Waals surface area (Å²) in [6, 6.07) is 10.7. The van der Waals surface area contributed by atoms with Crippen LogP contribution in [-0.2, 0) is 6.18 Å². The molecule has 0 saturated carbocycles. The second-order valence-electron chi connectivity index (χ2n) is 10.4. The van der Waals surface area contributed by atoms with Crippen LogP contribution < -0.4 is 15.0 Å². The molecule has 2 heterocycles. The van der Waals surface area contributed by atoms with Crippen LogP contribution in [-0.4, -0.2) is 66.2 Å². The fourth-order valence-corrected chi connectivity index (χ4v) is 5.28. The van der Waals surface area contributed by atoms with E-state index in [0.29, 0.717) is 42.0 Å². The van der Waals surface area contributed by atoms with Gasteiger partial charge in [0, 0.05) is 44.7 Å². The number of anilines is 2. The number of piperazine rings is 1. The molecule has 2 amide bonds. The van der Waals surface area contributed by atoms with Gasteiger partial charge in [-0.15, -0.1) is 0 Å². The molecule has 0 aliphatic carbocycles. The number of carbonyl (C=O) groups excluding carboxylic acids is 1. The van der Waals surface area contributed by atoms with E-state index in [4.69, 9.17) is 16.3 Å². The largest absolute Gasteiger partial charge is 0.486 e. The number of benzene rings is 2. The lowest BCUT2D eigenvalue weighted by atomic mass is 10.1. The van der Waals surface area contributed by atoms with Gasteiger partial charge in [-0.05, 0) is 64.1 Å². The van der Waals surface area contributed by atoms with Gasteiger partial charge < -0.3 is 19.9 Å². The highest BCUT2D eigenvalue weighted by Gasteiger charge is 2.39. The normalized spacial score (nSPS) is 23.0. The maximum atomic E-state index is 13.3. The number of nitrogens with one attached hydrogen (secondary N) is 1. The fourth-order valence-electron chi connectivity index (χ4n) is 5.06. The summed E-state index contributed by atoms with van der Waals surface area (Å²) in [5.74, 6) is 0.334. The van der Waals surface area contributed by atoms with E-state index in [0.717, 1.165) is 37.5 Å². The Morgan fingerprint density at radius 2 is 1.84 bits per heavy atom. The van der Waals surface area contributed by atoms with E-state index < -0.39 is 17.3 Å². The van der Waals surface area contributed by atoms with Crippen molar-refractivity contribution < 1.29 is 22.7 Å². The predicted molar refractivity (Wildman–Crippen MR) is 141 cm³/mol. The number of hydrogen-bond acceptors (Lipinski definition) is 4. The van der Waals surface area contributed by atoms with E-state index in [1.54, 1.807) is 11.0 Å². The second kappa shape index (κ2) is 10.6. The van der Waals surface area contributed by atoms with E-state index in [-0.39, 0.29) is 12.1 Å². The molecule has 202 valence electrons. The molecule has 37 heavy (non-hydrogen) atoms. The monoisotopic (exact) mass is 538 g/mol. The third kappa shape index (κ3) is 6.26. The van der Waals surface area contributed by atoms with Crippen molar-refractivity contribution in [3.05, 3.63) is 53.1 Å². The van der Waals surface area contributed by atoms with Crippen LogP contribution in [0.15, 0.2) is 42.5 Å². The van der Waals surface area contributed by atoms with Crippen molar-refractivity contribution >= 4 is 29.0 Å².